The van der Waals surface area contributed by atoms with E-state index in [4.69, 9.17) is 20.7 Å². The monoisotopic (exact) mass is 1780 g/mol. The van der Waals surface area contributed by atoms with Crippen LogP contribution < -0.4 is 21.7 Å². The lowest BCUT2D eigenvalue weighted by molar-refractivity contribution is -0.134. The van der Waals surface area contributed by atoms with Gasteiger partial charge in [0.2, 0.25) is 0 Å². The Morgan fingerprint density at radius 2 is 0.651 bits per heavy atom. The van der Waals surface area contributed by atoms with Crippen molar-refractivity contribution >= 4 is 29.7 Å². The predicted octanol–water partition coefficient (Wildman–Crippen LogP) is 18.6. The minimum Gasteiger partial charge on any atom is -0.481 e. The number of nitrogens with one attached hydrogen (secondary N) is 3. The molecule has 12 fully saturated rings. The fourth-order valence-corrected chi connectivity index (χ4v) is 29.4. The first-order valence-corrected chi connectivity index (χ1v) is 49.5. The van der Waals surface area contributed by atoms with Crippen molar-refractivity contribution < 1.29 is 64.8 Å². The summed E-state index contributed by atoms with van der Waals surface area (Å²) >= 11 is 0. The third kappa shape index (κ3) is 22.0. The molecule has 0 unspecified atom stereocenters. The number of nitrogens with two attached hydrogens (primary N) is 1. The number of carboxylic acids is 2. The number of aromatic nitrogens is 4. The van der Waals surface area contributed by atoms with Gasteiger partial charge in [0.1, 0.15) is 0 Å². The maximum absolute atomic E-state index is 12.9. The number of carboxylic acid groups (broad SMARTS) is 2. The van der Waals surface area contributed by atoms with E-state index in [0.29, 0.717) is 119 Å². The van der Waals surface area contributed by atoms with Crippen molar-refractivity contribution in [1.82, 2.24) is 35.9 Å². The van der Waals surface area contributed by atoms with Crippen molar-refractivity contribution in [2.24, 2.45) is 150 Å². The van der Waals surface area contributed by atoms with Gasteiger partial charge in [-0.05, 0) is 372 Å². The summed E-state index contributed by atoms with van der Waals surface area (Å²) in [5.74, 6) is 6.28. The van der Waals surface area contributed by atoms with E-state index in [-0.39, 0.29) is 117 Å². The van der Waals surface area contributed by atoms with Crippen LogP contribution in [0.1, 0.15) is 304 Å². The average Bonchev–Trinajstić information content (AvgIpc) is 1.66. The number of aliphatic hydroxyl groups is 6. The summed E-state index contributed by atoms with van der Waals surface area (Å²) in [7, 11) is 0. The molecule has 0 aromatic carbocycles. The first-order chi connectivity index (χ1) is 61.3. The number of hydrogen-bond donors (Lipinski definition) is 12. The second kappa shape index (κ2) is 43.8. The lowest BCUT2D eigenvalue weighted by Crippen LogP contribution is -2.53. The first-order valence-electron chi connectivity index (χ1n) is 49.5. The fraction of sp³-hybridized carbons (Fsp3) is 0.694. The second-order valence-electron chi connectivity index (χ2n) is 44.0. The van der Waals surface area contributed by atoms with Gasteiger partial charge in [-0.15, -0.1) is 0 Å². The number of carbonyl (C=O) groups excluding carboxylic acids is 3. The number of pyridine rings is 4. The Balaban J connectivity index is 0.000000159. The number of aliphatic hydroxyl groups excluding tert-OH is 6. The first kappa shape index (κ1) is 102. The molecule has 0 saturated heterocycles. The van der Waals surface area contributed by atoms with Crippen LogP contribution in [0.15, 0.2) is 147 Å². The Kier molecular flexibility index (Phi) is 34.6. The standard InChI is InChI=1S/C28H42N2O.2C26H38N2O3.C20H35NO2.C6H5NO2.C2H4O2/c1-6-22-16-19(2)11-13-28(22,5)25-12-14-27(4)20(3)9-10-24(27)23(25)18-30-26(31)21-8-7-15-29-17-21;2*1-17-6-7-22-21(15-28-24(31)18-5-4-12-27-14-18)23(9-11-25(17,22)2)26(3)10-8-20(30)13-19(26)16-29;1-13-4-5-17-16(11-21)18(7-9-19(13,17)2)20(3)8-6-15(23)10-14(20)12-22;8-6(9)5-2-1-3-7-4-5;1-2(3)4/h7-8,15,17,19,22-25H,3,6,9-14,16,18H2,1-2,4-5H3,(H,30,31);2*4-5,12,14,19-23,29-30H,1,6-11,13,15-16H2,2-3H3,(H,28,31);14-18,22-23H,1,4-12,21H2,2-3H3;1-4H,(H,8,9);1H3,(H,3,4)/t19-,22-,23-,24-,25-,27+,28-;2*19-,20+,21+,22+,23+,25-,26+;14-,15+,16+,17+,18+,19-,20+;;/m0111../s1. The average molecular weight is 1780 g/mol. The number of amides is 3. The molecule has 0 spiro atoms. The van der Waals surface area contributed by atoms with Crippen LogP contribution in [-0.4, -0.2) is 155 Å². The summed E-state index contributed by atoms with van der Waals surface area (Å²) in [6.45, 7) is 46.0. The molecule has 129 heavy (non-hydrogen) atoms. The van der Waals surface area contributed by atoms with Gasteiger partial charge >= 0.3 is 5.97 Å². The van der Waals surface area contributed by atoms with E-state index in [2.05, 4.69) is 131 Å². The molecule has 0 aliphatic heterocycles. The highest BCUT2D eigenvalue weighted by molar-refractivity contribution is 5.95. The SMILES string of the molecule is C=C1CC[C@H]2[C@H](CN)[C@@H]([C@@]3(C)CC[C@H](O)C[C@@H]3CO)CC[C@]12C.C=C1CC[C@H]2[C@H](CNC(=O)c3cccnc3)[C@@H]([C@@]3(C)CC[C@H](C)C[C@@H]3CC)CC[C@]12C.C=C1CC[C@H]2[C@H](CNC(=O)c3cccnc3)[C@@H]([C@@]3(C)CC[C@H](O)C[C@@H]3CO)CC[C@]12C.C=C1CC[C@H]2[C@H](CNC(=O)c3cccnc3)[C@@H]([C@@]3(C)CC[C@H](O)C[C@@H]3CO)CC[C@]12C.CC(=O)O.O=C(O)c1cccnc1. The topological polar surface area (TPSA) is 361 Å². The van der Waals surface area contributed by atoms with E-state index in [0.717, 1.165) is 141 Å². The van der Waals surface area contributed by atoms with Crippen LogP contribution in [-0.2, 0) is 4.79 Å². The van der Waals surface area contributed by atoms with Crippen LogP contribution in [0.4, 0.5) is 0 Å². The van der Waals surface area contributed by atoms with Crippen LogP contribution in [0, 0.1) is 144 Å². The molecule has 12 saturated carbocycles. The van der Waals surface area contributed by atoms with E-state index < -0.39 is 11.9 Å². The summed E-state index contributed by atoms with van der Waals surface area (Å²) in [5.41, 5.74) is 15.2. The molecule has 12 aliphatic carbocycles. The van der Waals surface area contributed by atoms with Gasteiger partial charge in [-0.25, -0.2) is 4.79 Å². The van der Waals surface area contributed by atoms with Crippen molar-refractivity contribution in [3.63, 3.8) is 0 Å². The number of fused-ring (bicyclic) bond motifs is 4. The van der Waals surface area contributed by atoms with Crippen molar-refractivity contribution in [3.05, 3.63) is 169 Å². The van der Waals surface area contributed by atoms with Crippen LogP contribution >= 0.6 is 0 Å². The highest BCUT2D eigenvalue weighted by Crippen LogP contribution is 2.69. The van der Waals surface area contributed by atoms with Crippen LogP contribution in [0.5, 0.6) is 0 Å². The van der Waals surface area contributed by atoms with E-state index in [1.165, 1.54) is 105 Å². The highest BCUT2D eigenvalue weighted by atomic mass is 16.4. The number of carbonyl (C=O) groups is 5. The summed E-state index contributed by atoms with van der Waals surface area (Å²) in [4.78, 5) is 73.6. The maximum atomic E-state index is 12.9. The second-order valence-corrected chi connectivity index (χ2v) is 44.0. The molecular formula is C108H162N8O13. The molecule has 0 bridgehead atoms. The van der Waals surface area contributed by atoms with Gasteiger partial charge < -0.3 is 62.5 Å². The van der Waals surface area contributed by atoms with Gasteiger partial charge in [0.25, 0.3) is 23.7 Å². The van der Waals surface area contributed by atoms with E-state index in [1.54, 1.807) is 67.5 Å². The van der Waals surface area contributed by atoms with Gasteiger partial charge in [0.15, 0.2) is 0 Å². The van der Waals surface area contributed by atoms with Crippen molar-refractivity contribution in [1.29, 1.82) is 0 Å². The fourth-order valence-electron chi connectivity index (χ4n) is 29.4. The van der Waals surface area contributed by atoms with E-state index >= 15 is 0 Å². The molecule has 13 N–H and O–H groups in total. The van der Waals surface area contributed by atoms with Gasteiger partial charge in [0, 0.05) is 96.0 Å². The lowest BCUT2D eigenvalue weighted by Gasteiger charge is -2.57. The molecule has 712 valence electrons. The normalized spacial score (nSPS) is 39.0. The van der Waals surface area contributed by atoms with Crippen LogP contribution in [0.3, 0.4) is 0 Å². The smallest absolute Gasteiger partial charge is 0.337 e. The lowest BCUT2D eigenvalue weighted by atomic mass is 9.48. The minimum atomic E-state index is -0.942. The molecule has 4 heterocycles. The largest absolute Gasteiger partial charge is 0.481 e. The van der Waals surface area contributed by atoms with Gasteiger partial charge in [-0.1, -0.05) is 131 Å². The number of aliphatic carboxylic acids is 1. The number of aromatic carboxylic acids is 1. The Morgan fingerprint density at radius 1 is 0.388 bits per heavy atom. The number of allylic oxidation sites excluding steroid dienone is 4. The van der Waals surface area contributed by atoms with Crippen LogP contribution in [0.25, 0.3) is 0 Å². The number of rotatable bonds is 19. The predicted molar refractivity (Wildman–Crippen MR) is 509 cm³/mol. The van der Waals surface area contributed by atoms with Crippen LogP contribution in [0.2, 0.25) is 0 Å². The Hall–Kier alpha value is -7.37. The summed E-state index contributed by atoms with van der Waals surface area (Å²) in [5, 5.41) is 86.4. The molecule has 4 aromatic heterocycles. The zero-order chi connectivity index (χ0) is 93.8. The molecule has 3 amide bonds. The molecule has 21 heteroatoms. The Bertz CT molecular complexity index is 4100. The van der Waals surface area contributed by atoms with Gasteiger partial charge in [-0.3, -0.25) is 39.1 Å². The molecule has 28 atom stereocenters. The molecule has 4 aromatic rings. The minimum absolute atomic E-state index is 0.0189. The Labute approximate surface area is 771 Å². The molecule has 16 rings (SSSR count). The van der Waals surface area contributed by atoms with E-state index in [9.17, 15) is 49.8 Å². The zero-order valence-corrected chi connectivity index (χ0v) is 80.1. The molecule has 0 radical (unpaired) electrons. The zero-order valence-electron chi connectivity index (χ0n) is 80.1. The number of hydrogen-bond acceptors (Lipinski definition) is 16. The number of nitrogens with zero attached hydrogens (tertiary/aromatic N) is 4. The third-order valence-electron chi connectivity index (χ3n) is 37.9. The van der Waals surface area contributed by atoms with Gasteiger partial charge in [-0.2, -0.15) is 0 Å². The molecular weight excluding hydrogens is 1620 g/mol. The van der Waals surface area contributed by atoms with Gasteiger partial charge in [0.05, 0.1) is 40.6 Å². The summed E-state index contributed by atoms with van der Waals surface area (Å²) in [6.07, 6.45) is 43.3. The van der Waals surface area contributed by atoms with Crippen molar-refractivity contribution in [2.45, 2.75) is 281 Å². The summed E-state index contributed by atoms with van der Waals surface area (Å²) in [6, 6.07) is 14.0. The van der Waals surface area contributed by atoms with Crippen molar-refractivity contribution in [3.8, 4) is 0 Å². The maximum Gasteiger partial charge on any atom is 0.337 e. The molecule has 12 aliphatic rings. The molecule has 21 nitrogen and oxygen atoms in total. The summed E-state index contributed by atoms with van der Waals surface area (Å²) < 4.78 is 0. The van der Waals surface area contributed by atoms with E-state index in [1.807, 2.05) is 12.1 Å². The highest BCUT2D eigenvalue weighted by Gasteiger charge is 2.62. The Morgan fingerprint density at radius 3 is 0.899 bits per heavy atom. The van der Waals surface area contributed by atoms with Crippen molar-refractivity contribution in [2.75, 3.05) is 46.0 Å². The quantitative estimate of drug-likeness (QED) is 0.0388. The third-order valence-corrected chi connectivity index (χ3v) is 37.9.